The van der Waals surface area contributed by atoms with Crippen LogP contribution in [0.2, 0.25) is 0 Å². The maximum Gasteiger partial charge on any atom is 0.170 e. The van der Waals surface area contributed by atoms with Crippen LogP contribution in [0.3, 0.4) is 0 Å². The van der Waals surface area contributed by atoms with Crippen LogP contribution in [-0.4, -0.2) is 34.1 Å². The molecule has 1 atom stereocenters. The third kappa shape index (κ3) is 3.00. The lowest BCUT2D eigenvalue weighted by Gasteiger charge is -2.14. The van der Waals surface area contributed by atoms with E-state index in [1.807, 2.05) is 25.6 Å². The summed E-state index contributed by atoms with van der Waals surface area (Å²) in [4.78, 5) is 0. The molecule has 5 nitrogen and oxygen atoms in total. The van der Waals surface area contributed by atoms with Crippen molar-refractivity contribution < 1.29 is 4.74 Å². The normalized spacial score (nSPS) is 18.9. The van der Waals surface area contributed by atoms with Gasteiger partial charge in [-0.05, 0) is 38.9 Å². The van der Waals surface area contributed by atoms with E-state index in [0.717, 1.165) is 43.1 Å². The molecule has 100 valence electrons. The number of ether oxygens (including phenoxy) is 1. The molecule has 1 unspecified atom stereocenters. The van der Waals surface area contributed by atoms with E-state index in [1.165, 1.54) is 0 Å². The van der Waals surface area contributed by atoms with Gasteiger partial charge in [0.2, 0.25) is 0 Å². The maximum absolute atomic E-state index is 5.54. The summed E-state index contributed by atoms with van der Waals surface area (Å²) in [6, 6.07) is 0. The van der Waals surface area contributed by atoms with Crippen molar-refractivity contribution in [1.82, 2.24) is 15.1 Å². The van der Waals surface area contributed by atoms with Crippen LogP contribution in [0, 0.1) is 13.8 Å². The Kier molecular flexibility index (Phi) is 4.19. The van der Waals surface area contributed by atoms with Crippen LogP contribution in [0.1, 0.15) is 24.2 Å². The van der Waals surface area contributed by atoms with E-state index in [0.29, 0.717) is 11.2 Å². The fourth-order valence-corrected chi connectivity index (χ4v) is 2.31. The largest absolute Gasteiger partial charge is 0.376 e. The second-order valence-electron chi connectivity index (χ2n) is 4.64. The molecular weight excluding hydrogens is 248 g/mol. The van der Waals surface area contributed by atoms with Crippen LogP contribution in [0.5, 0.6) is 0 Å². The summed E-state index contributed by atoms with van der Waals surface area (Å²) in [5.41, 5.74) is 3.02. The van der Waals surface area contributed by atoms with Gasteiger partial charge in [-0.25, -0.2) is 0 Å². The van der Waals surface area contributed by atoms with Gasteiger partial charge in [0.25, 0.3) is 0 Å². The van der Waals surface area contributed by atoms with Crippen molar-refractivity contribution in [2.24, 2.45) is 7.05 Å². The monoisotopic (exact) mass is 268 g/mol. The number of thiocarbonyl (C=S) groups is 1. The fraction of sp³-hybridized carbons (Fsp3) is 0.667. The molecule has 0 spiro atoms. The highest BCUT2D eigenvalue weighted by Gasteiger charge is 2.16. The van der Waals surface area contributed by atoms with Gasteiger partial charge in [-0.3, -0.25) is 4.68 Å². The minimum Gasteiger partial charge on any atom is -0.376 e. The summed E-state index contributed by atoms with van der Waals surface area (Å²) in [5.74, 6) is 0. The third-order valence-corrected chi connectivity index (χ3v) is 3.51. The first-order chi connectivity index (χ1) is 8.58. The quantitative estimate of drug-likeness (QED) is 0.814. The van der Waals surface area contributed by atoms with Crippen molar-refractivity contribution in [3.8, 4) is 0 Å². The summed E-state index contributed by atoms with van der Waals surface area (Å²) >= 11 is 5.28. The number of anilines is 1. The van der Waals surface area contributed by atoms with Gasteiger partial charge in [0.15, 0.2) is 5.11 Å². The Balaban J connectivity index is 1.86. The minimum absolute atomic E-state index is 0.292. The zero-order valence-electron chi connectivity index (χ0n) is 11.1. The summed E-state index contributed by atoms with van der Waals surface area (Å²) in [6.45, 7) is 5.63. The topological polar surface area (TPSA) is 51.1 Å². The molecule has 1 aliphatic rings. The minimum atomic E-state index is 0.292. The Bertz CT molecular complexity index is 438. The lowest BCUT2D eigenvalue weighted by atomic mass is 10.2. The predicted molar refractivity (Wildman–Crippen MR) is 75.9 cm³/mol. The third-order valence-electron chi connectivity index (χ3n) is 3.26. The van der Waals surface area contributed by atoms with E-state index in [1.54, 1.807) is 0 Å². The molecular formula is C12H20N4OS. The number of rotatable bonds is 3. The number of hydrogen-bond donors (Lipinski definition) is 2. The molecule has 1 aromatic rings. The van der Waals surface area contributed by atoms with Crippen LogP contribution < -0.4 is 10.6 Å². The molecule has 0 aromatic carbocycles. The Labute approximate surface area is 113 Å². The van der Waals surface area contributed by atoms with Crippen LogP contribution in [0.15, 0.2) is 0 Å². The standard InChI is InChI=1S/C12H20N4OS/c1-8-11(9(2)16(3)15-8)14-12(18)13-7-10-5-4-6-17-10/h10H,4-7H2,1-3H3,(H2,13,14,18). The van der Waals surface area contributed by atoms with E-state index in [4.69, 9.17) is 17.0 Å². The molecule has 2 N–H and O–H groups in total. The van der Waals surface area contributed by atoms with Crippen molar-refractivity contribution in [3.63, 3.8) is 0 Å². The van der Waals surface area contributed by atoms with Crippen molar-refractivity contribution in [2.75, 3.05) is 18.5 Å². The average Bonchev–Trinajstić information content (AvgIpc) is 2.92. The highest BCUT2D eigenvalue weighted by molar-refractivity contribution is 7.80. The number of aryl methyl sites for hydroxylation is 2. The summed E-state index contributed by atoms with van der Waals surface area (Å²) in [5, 5.41) is 11.4. The summed E-state index contributed by atoms with van der Waals surface area (Å²) < 4.78 is 7.39. The SMILES string of the molecule is Cc1nn(C)c(C)c1NC(=S)NCC1CCCO1. The van der Waals surface area contributed by atoms with E-state index >= 15 is 0 Å². The molecule has 2 heterocycles. The average molecular weight is 268 g/mol. The highest BCUT2D eigenvalue weighted by Crippen LogP contribution is 2.18. The molecule has 0 bridgehead atoms. The van der Waals surface area contributed by atoms with Gasteiger partial charge >= 0.3 is 0 Å². The zero-order valence-corrected chi connectivity index (χ0v) is 11.9. The molecule has 0 aliphatic carbocycles. The van der Waals surface area contributed by atoms with Crippen molar-refractivity contribution in [2.45, 2.75) is 32.8 Å². The van der Waals surface area contributed by atoms with Gasteiger partial charge in [-0.2, -0.15) is 5.10 Å². The number of hydrogen-bond acceptors (Lipinski definition) is 3. The molecule has 1 saturated heterocycles. The van der Waals surface area contributed by atoms with Crippen molar-refractivity contribution in [3.05, 3.63) is 11.4 Å². The number of nitrogens with one attached hydrogen (secondary N) is 2. The molecule has 0 radical (unpaired) electrons. The fourth-order valence-electron chi connectivity index (χ4n) is 2.12. The smallest absolute Gasteiger partial charge is 0.170 e. The first-order valence-corrected chi connectivity index (χ1v) is 6.65. The highest BCUT2D eigenvalue weighted by atomic mass is 32.1. The van der Waals surface area contributed by atoms with Gasteiger partial charge in [0.1, 0.15) is 0 Å². The van der Waals surface area contributed by atoms with E-state index < -0.39 is 0 Å². The summed E-state index contributed by atoms with van der Waals surface area (Å²) in [6.07, 6.45) is 2.55. The van der Waals surface area contributed by atoms with Gasteiger partial charge in [0.05, 0.1) is 23.2 Å². The van der Waals surface area contributed by atoms with Gasteiger partial charge in [-0.1, -0.05) is 0 Å². The first kappa shape index (κ1) is 13.3. The Hall–Kier alpha value is -1.14. The molecule has 18 heavy (non-hydrogen) atoms. The van der Waals surface area contributed by atoms with Crippen molar-refractivity contribution in [1.29, 1.82) is 0 Å². The molecule has 1 fully saturated rings. The van der Waals surface area contributed by atoms with Crippen LogP contribution in [0.25, 0.3) is 0 Å². The molecule has 1 aromatic heterocycles. The Morgan fingerprint density at radius 1 is 1.56 bits per heavy atom. The number of nitrogens with zero attached hydrogens (tertiary/aromatic N) is 2. The summed E-state index contributed by atoms with van der Waals surface area (Å²) in [7, 11) is 1.93. The molecule has 6 heteroatoms. The second-order valence-corrected chi connectivity index (χ2v) is 5.05. The lowest BCUT2D eigenvalue weighted by Crippen LogP contribution is -2.35. The predicted octanol–water partition coefficient (Wildman–Crippen LogP) is 1.50. The van der Waals surface area contributed by atoms with Crippen molar-refractivity contribution >= 4 is 23.0 Å². The van der Waals surface area contributed by atoms with Crippen LogP contribution in [0.4, 0.5) is 5.69 Å². The maximum atomic E-state index is 5.54. The number of aromatic nitrogens is 2. The van der Waals surface area contributed by atoms with E-state index in [9.17, 15) is 0 Å². The molecule has 2 rings (SSSR count). The first-order valence-electron chi connectivity index (χ1n) is 6.24. The second kappa shape index (κ2) is 5.67. The lowest BCUT2D eigenvalue weighted by molar-refractivity contribution is 0.114. The van der Waals surface area contributed by atoms with Gasteiger partial charge in [0, 0.05) is 20.2 Å². The molecule has 0 amide bonds. The Morgan fingerprint density at radius 2 is 2.33 bits per heavy atom. The van der Waals surface area contributed by atoms with Gasteiger partial charge in [-0.15, -0.1) is 0 Å². The zero-order chi connectivity index (χ0) is 13.1. The Morgan fingerprint density at radius 3 is 2.89 bits per heavy atom. The van der Waals surface area contributed by atoms with E-state index in [2.05, 4.69) is 15.7 Å². The van der Waals surface area contributed by atoms with E-state index in [-0.39, 0.29) is 0 Å². The molecule has 1 aliphatic heterocycles. The van der Waals surface area contributed by atoms with Crippen LogP contribution in [-0.2, 0) is 11.8 Å². The van der Waals surface area contributed by atoms with Crippen LogP contribution >= 0.6 is 12.2 Å². The van der Waals surface area contributed by atoms with Gasteiger partial charge < -0.3 is 15.4 Å². The molecule has 0 saturated carbocycles.